The molecule has 8 heterocycles. The molecule has 5 aliphatic heterocycles. The van der Waals surface area contributed by atoms with Gasteiger partial charge in [-0.2, -0.15) is 0 Å². The summed E-state index contributed by atoms with van der Waals surface area (Å²) >= 11 is 0. The zero-order valence-corrected chi connectivity index (χ0v) is 86.8. The fourth-order valence-corrected chi connectivity index (χ4v) is 22.4. The molecule has 16 rings (SSSR count). The zero-order chi connectivity index (χ0) is 105. The van der Waals surface area contributed by atoms with Gasteiger partial charge in [0.05, 0.1) is 35.9 Å². The van der Waals surface area contributed by atoms with Gasteiger partial charge < -0.3 is 25.8 Å². The fraction of sp³-hybridized carbons (Fsp3) is 0.625. The molecular weight excluding hydrogens is 1830 g/mol. The predicted octanol–water partition coefficient (Wildman–Crippen LogP) is 15.0. The highest BCUT2D eigenvalue weighted by Gasteiger charge is 2.56. The number of aromatic nitrogens is 5. The number of hydrogen-bond acceptors (Lipinski definition) is 24. The van der Waals surface area contributed by atoms with Gasteiger partial charge in [0.2, 0.25) is 58.8 Å². The Bertz CT molecular complexity index is 5230. The Morgan fingerprint density at radius 1 is 0.444 bits per heavy atom. The average Bonchev–Trinajstić information content (AvgIpc) is 1.25. The summed E-state index contributed by atoms with van der Waals surface area (Å²) in [6, 6.07) is 10.6. The van der Waals surface area contributed by atoms with E-state index in [1.54, 1.807) is 78.5 Å². The van der Waals surface area contributed by atoms with E-state index >= 15 is 0 Å². The third-order valence-corrected chi connectivity index (χ3v) is 30.4. The van der Waals surface area contributed by atoms with Crippen molar-refractivity contribution < 1.29 is 91.1 Å². The van der Waals surface area contributed by atoms with Crippen molar-refractivity contribution in [3.05, 3.63) is 125 Å². The largest absolute Gasteiger partial charge is 0.344 e. The van der Waals surface area contributed by atoms with Crippen molar-refractivity contribution in [1.29, 1.82) is 0 Å². The number of piperidine rings is 2. The van der Waals surface area contributed by atoms with Crippen LogP contribution in [0.25, 0.3) is 10.8 Å². The van der Waals surface area contributed by atoms with Gasteiger partial charge in [-0.1, -0.05) is 178 Å². The topological polar surface area (TPSA) is 459 Å². The molecule has 778 valence electrons. The van der Waals surface area contributed by atoms with Gasteiger partial charge in [-0.3, -0.25) is 122 Å². The van der Waals surface area contributed by atoms with Gasteiger partial charge in [0.15, 0.2) is 34.7 Å². The molecule has 14 atom stereocenters. The van der Waals surface area contributed by atoms with Crippen molar-refractivity contribution in [2.75, 3.05) is 13.1 Å². The lowest BCUT2D eigenvalue weighted by Gasteiger charge is -2.38. The monoisotopic (exact) mass is 1980 g/mol. The number of carbonyl (C=O) groups excluding carboxylic acids is 19. The highest BCUT2D eigenvalue weighted by Crippen LogP contribution is 2.48. The Kier molecular flexibility index (Phi) is 40.4. The van der Waals surface area contributed by atoms with Crippen molar-refractivity contribution in [3.63, 3.8) is 0 Å². The molecular formula is C112H151N13O19. The number of aryl methyl sites for hydroxylation is 2. The maximum absolute atomic E-state index is 14.7. The van der Waals surface area contributed by atoms with E-state index in [1.807, 2.05) is 95.2 Å². The Labute approximate surface area is 846 Å². The SMILES string of the molecule is CC.CC.CCC[C@H](CC(=O)[C@@H]1[C@H]2CCC[C@H]2CN1C(=O)[C@@H](NC(=O)[C@@H](CC(=O)c1cnc(C)cn1)C1CCCCC1)C(C)(C)C)C(=O)C(=O)CC1CC1.CCC[C@H](CC(=O)[C@@H]1[C@H]2CCC[C@H]2CN1C(=O)[C@@H](NC(=O)[C@@H](CC(=O)c1cnc(C)cn1)C1CCCCC1)C(C)(C)C)C(=O)C(=O)CC1CC1.O=C1CCC(N2C(=O)c3cccc4cccc(c34)C2=O)C(=O)N1.O=C1CCC(NC(=O)c2ccccn2)C(=O)N1. The molecule has 2 unspecified atom stereocenters. The molecule has 2 aromatic carbocycles. The minimum Gasteiger partial charge on any atom is -0.344 e. The van der Waals surface area contributed by atoms with Crippen molar-refractivity contribution >= 4 is 122 Å². The van der Waals surface area contributed by atoms with Crippen LogP contribution in [-0.2, 0) is 67.1 Å². The lowest BCUT2D eigenvalue weighted by atomic mass is 9.76. The van der Waals surface area contributed by atoms with Gasteiger partial charge in [-0.15, -0.1) is 0 Å². The fourth-order valence-electron chi connectivity index (χ4n) is 22.4. The molecule has 0 bridgehead atoms. The van der Waals surface area contributed by atoms with Crippen molar-refractivity contribution in [2.24, 2.45) is 81.8 Å². The van der Waals surface area contributed by atoms with E-state index in [0.717, 1.165) is 139 Å². The number of ketones is 8. The van der Waals surface area contributed by atoms with Crippen LogP contribution in [0.5, 0.6) is 0 Å². The number of nitrogens with one attached hydrogen (secondary N) is 5. The summed E-state index contributed by atoms with van der Waals surface area (Å²) in [6.07, 6.45) is 29.9. The number of carbonyl (C=O) groups is 19. The van der Waals surface area contributed by atoms with Crippen LogP contribution in [0.15, 0.2) is 85.6 Å². The second-order valence-corrected chi connectivity index (χ2v) is 43.1. The van der Waals surface area contributed by atoms with Gasteiger partial charge in [-0.05, 0) is 204 Å². The first kappa shape index (κ1) is 112. The number of nitrogens with zero attached hydrogens (tertiary/aromatic N) is 8. The molecule has 144 heavy (non-hydrogen) atoms. The average molecular weight is 1980 g/mol. The van der Waals surface area contributed by atoms with E-state index < -0.39 is 112 Å². The van der Waals surface area contributed by atoms with E-state index in [0.29, 0.717) is 84.9 Å². The van der Waals surface area contributed by atoms with E-state index in [4.69, 9.17) is 0 Å². The molecule has 32 heteroatoms. The Hall–Kier alpha value is -11.9. The number of Topliss-reactive ketones (excluding diaryl/α,β-unsaturated/α-hetero) is 8. The molecule has 6 saturated carbocycles. The van der Waals surface area contributed by atoms with Gasteiger partial charge in [-0.25, -0.2) is 9.97 Å². The molecule has 0 radical (unpaired) electrons. The third kappa shape index (κ3) is 28.9. The summed E-state index contributed by atoms with van der Waals surface area (Å²) in [5.74, 6) is -8.35. The minimum atomic E-state index is -0.948. The summed E-state index contributed by atoms with van der Waals surface area (Å²) in [7, 11) is 0. The smallest absolute Gasteiger partial charge is 0.270 e. The summed E-state index contributed by atoms with van der Waals surface area (Å²) in [4.78, 5) is 274. The lowest BCUT2D eigenvalue weighted by molar-refractivity contribution is -0.146. The lowest BCUT2D eigenvalue weighted by Crippen LogP contribution is -2.58. The quantitative estimate of drug-likeness (QED) is 0.0143. The normalized spacial score (nSPS) is 22.6. The molecule has 4 saturated heterocycles. The number of benzene rings is 2. The summed E-state index contributed by atoms with van der Waals surface area (Å²) in [6.45, 7) is 27.8. The van der Waals surface area contributed by atoms with Gasteiger partial charge in [0.1, 0.15) is 41.2 Å². The summed E-state index contributed by atoms with van der Waals surface area (Å²) < 4.78 is 0. The number of likely N-dealkylation sites (tertiary alicyclic amines) is 2. The number of imide groups is 3. The van der Waals surface area contributed by atoms with Crippen LogP contribution in [-0.4, -0.2) is 200 Å². The number of hydrogen-bond donors (Lipinski definition) is 5. The van der Waals surface area contributed by atoms with Crippen molar-refractivity contribution in [3.8, 4) is 0 Å². The molecule has 6 aliphatic carbocycles. The Balaban J connectivity index is 0.000000195. The molecule has 11 amide bonds. The number of pyridine rings is 1. The van der Waals surface area contributed by atoms with Crippen molar-refractivity contribution in [1.82, 2.24) is 66.2 Å². The van der Waals surface area contributed by atoms with E-state index in [2.05, 4.69) is 51.5 Å². The van der Waals surface area contributed by atoms with Crippen LogP contribution in [0.3, 0.4) is 0 Å². The standard InChI is InChI=1S/2C40H58N4O6.C17H12N2O4.C11H11N3O3.2C2H6/c2*1-6-11-27(36(48)34(47)18-25-16-17-25)19-33(46)35-29-15-10-14-28(29)23-44(35)39(50)37(40(3,4)5)43-38(49)30(26-12-8-7-9-13-26)20-32(45)31-22-41-24(2)21-42-31;20-13-8-7-12(15(21)18-13)19-16(22)10-5-1-3-9-4-2-6-11(14(9)10)17(19)23;15-9-5-4-8(11(17)14-9)13-10(16)7-3-1-2-6-12-7;2*1-2/h2*21-22,25-30,35,37H,6-20,23H2,1-5H3,(H,43,49);1-6,12H,7-8H2,(H,18,20,21);1-3,6,8H,4-5H2,(H,13,16)(H,14,15,17);2*1-2H3/t2*27-,28+,29+,30+,35+,37-;;;;/m11..../s1. The number of fused-ring (bicyclic) bond motifs is 2. The van der Waals surface area contributed by atoms with E-state index in [1.165, 1.54) is 18.6 Å². The van der Waals surface area contributed by atoms with E-state index in [9.17, 15) is 91.1 Å². The summed E-state index contributed by atoms with van der Waals surface area (Å²) in [5.41, 5.74) is 1.55. The van der Waals surface area contributed by atoms with Crippen LogP contribution in [0.2, 0.25) is 0 Å². The first-order valence-electron chi connectivity index (χ1n) is 53.1. The van der Waals surface area contributed by atoms with Crippen LogP contribution >= 0.6 is 0 Å². The maximum Gasteiger partial charge on any atom is 0.270 e. The van der Waals surface area contributed by atoms with Gasteiger partial charge in [0.25, 0.3) is 17.7 Å². The Morgan fingerprint density at radius 3 is 1.24 bits per heavy atom. The second-order valence-electron chi connectivity index (χ2n) is 43.1. The first-order valence-corrected chi connectivity index (χ1v) is 53.1. The van der Waals surface area contributed by atoms with E-state index in [-0.39, 0.29) is 181 Å². The maximum atomic E-state index is 14.7. The molecule has 32 nitrogen and oxygen atoms in total. The van der Waals surface area contributed by atoms with Crippen LogP contribution in [0.4, 0.5) is 0 Å². The van der Waals surface area contributed by atoms with Crippen LogP contribution in [0.1, 0.15) is 365 Å². The minimum absolute atomic E-state index is 0.00513. The first-order chi connectivity index (χ1) is 68.8. The highest BCUT2D eigenvalue weighted by molar-refractivity contribution is 6.39. The Morgan fingerprint density at radius 2 is 0.868 bits per heavy atom. The predicted molar refractivity (Wildman–Crippen MR) is 539 cm³/mol. The number of rotatable bonds is 35. The number of amides is 11. The molecule has 11 aliphatic rings. The van der Waals surface area contributed by atoms with Gasteiger partial charge >= 0.3 is 0 Å². The third-order valence-electron chi connectivity index (χ3n) is 30.4. The zero-order valence-electron chi connectivity index (χ0n) is 86.8. The summed E-state index contributed by atoms with van der Waals surface area (Å²) in [5, 5.41) is 14.6. The molecule has 5 aromatic rings. The van der Waals surface area contributed by atoms with Gasteiger partial charge in [0, 0.05) is 123 Å². The molecule has 3 aromatic heterocycles. The van der Waals surface area contributed by atoms with Crippen LogP contribution < -0.4 is 26.6 Å². The highest BCUT2D eigenvalue weighted by atomic mass is 16.2. The van der Waals surface area contributed by atoms with Crippen LogP contribution in [0, 0.1) is 95.7 Å². The molecule has 10 fully saturated rings. The van der Waals surface area contributed by atoms with Crippen molar-refractivity contribution in [2.45, 2.75) is 351 Å². The second kappa shape index (κ2) is 51.8. The molecule has 0 spiro atoms. The molecule has 5 N–H and O–H groups in total.